The first-order chi connectivity index (χ1) is 5.86. The Balaban J connectivity index is 2.21. The van der Waals surface area contributed by atoms with E-state index in [1.54, 1.807) is 0 Å². The van der Waals surface area contributed by atoms with Gasteiger partial charge in [-0.1, -0.05) is 0 Å². The van der Waals surface area contributed by atoms with Gasteiger partial charge in [0.15, 0.2) is 0 Å². The van der Waals surface area contributed by atoms with Crippen LogP contribution < -0.4 is 5.32 Å². The van der Waals surface area contributed by atoms with E-state index in [0.29, 0.717) is 5.92 Å². The van der Waals surface area contributed by atoms with Gasteiger partial charge in [0.05, 0.1) is 0 Å². The summed E-state index contributed by atoms with van der Waals surface area (Å²) in [6, 6.07) is 4.24. The Morgan fingerprint density at radius 2 is 2.50 bits per heavy atom. The molecule has 0 bridgehead atoms. The van der Waals surface area contributed by atoms with E-state index in [1.165, 1.54) is 17.7 Å². The van der Waals surface area contributed by atoms with Gasteiger partial charge in [-0.25, -0.2) is 0 Å². The van der Waals surface area contributed by atoms with Crippen LogP contribution in [0.1, 0.15) is 23.6 Å². The Labute approximate surface area is 73.0 Å². The van der Waals surface area contributed by atoms with E-state index < -0.39 is 0 Å². The Kier molecular flexibility index (Phi) is 2.09. The first kappa shape index (κ1) is 7.74. The normalized spacial score (nSPS) is 22.9. The molecule has 1 aromatic heterocycles. The van der Waals surface area contributed by atoms with E-state index in [9.17, 15) is 0 Å². The van der Waals surface area contributed by atoms with Gasteiger partial charge in [0.1, 0.15) is 0 Å². The summed E-state index contributed by atoms with van der Waals surface area (Å²) in [5.41, 5.74) is 2.56. The molecule has 0 unspecified atom stereocenters. The highest BCUT2D eigenvalue weighted by molar-refractivity contribution is 5.18. The molecule has 1 saturated heterocycles. The molecule has 1 aliphatic heterocycles. The molecule has 2 heteroatoms. The van der Waals surface area contributed by atoms with E-state index in [4.69, 9.17) is 0 Å². The molecular formula is C10H14N2. The maximum absolute atomic E-state index is 4.38. The van der Waals surface area contributed by atoms with Crippen LogP contribution in [0.4, 0.5) is 0 Å². The fourth-order valence-corrected chi connectivity index (χ4v) is 1.69. The Morgan fingerprint density at radius 3 is 3.17 bits per heavy atom. The third-order valence-corrected chi connectivity index (χ3v) is 2.42. The summed E-state index contributed by atoms with van der Waals surface area (Å²) in [7, 11) is 0. The zero-order valence-electron chi connectivity index (χ0n) is 7.38. The first-order valence-corrected chi connectivity index (χ1v) is 4.49. The van der Waals surface area contributed by atoms with Gasteiger partial charge in [0.25, 0.3) is 0 Å². The highest BCUT2D eigenvalue weighted by Gasteiger charge is 2.17. The van der Waals surface area contributed by atoms with Crippen LogP contribution in [0.2, 0.25) is 0 Å². The van der Waals surface area contributed by atoms with Crippen molar-refractivity contribution < 1.29 is 0 Å². The highest BCUT2D eigenvalue weighted by Crippen LogP contribution is 2.20. The monoisotopic (exact) mass is 162 g/mol. The summed E-state index contributed by atoms with van der Waals surface area (Å²) < 4.78 is 0. The Hall–Kier alpha value is -0.890. The molecule has 1 N–H and O–H groups in total. The van der Waals surface area contributed by atoms with Gasteiger partial charge in [0.2, 0.25) is 0 Å². The number of aryl methyl sites for hydroxylation is 1. The Bertz CT molecular complexity index is 264. The molecule has 2 rings (SSSR count). The predicted molar refractivity (Wildman–Crippen MR) is 49.2 cm³/mol. The minimum Gasteiger partial charge on any atom is -0.316 e. The molecule has 2 nitrogen and oxygen atoms in total. The topological polar surface area (TPSA) is 24.9 Å². The van der Waals surface area contributed by atoms with Crippen LogP contribution in [0, 0.1) is 6.92 Å². The van der Waals surface area contributed by atoms with Crippen LogP contribution in [0.15, 0.2) is 18.3 Å². The molecule has 1 fully saturated rings. The predicted octanol–water partition coefficient (Wildman–Crippen LogP) is 1.47. The zero-order chi connectivity index (χ0) is 8.39. The number of nitrogens with zero attached hydrogens (tertiary/aromatic N) is 1. The van der Waals surface area contributed by atoms with Gasteiger partial charge in [-0.2, -0.15) is 0 Å². The van der Waals surface area contributed by atoms with Gasteiger partial charge in [-0.15, -0.1) is 0 Å². The molecule has 2 heterocycles. The third kappa shape index (κ3) is 1.48. The maximum Gasteiger partial charge on any atom is 0.0450 e. The Morgan fingerprint density at radius 1 is 1.58 bits per heavy atom. The molecule has 0 amide bonds. The standard InChI is InChI=1S/C10H14N2/c1-8-2-5-12-10(6-8)9-3-4-11-7-9/h2,5-6,9,11H,3-4,7H2,1H3/t9-/m0/s1. The summed E-state index contributed by atoms with van der Waals surface area (Å²) in [6.07, 6.45) is 3.14. The number of aromatic nitrogens is 1. The van der Waals surface area contributed by atoms with Crippen molar-refractivity contribution in [2.75, 3.05) is 13.1 Å². The molecular weight excluding hydrogens is 148 g/mol. The van der Waals surface area contributed by atoms with Crippen molar-refractivity contribution in [3.63, 3.8) is 0 Å². The second kappa shape index (κ2) is 3.23. The summed E-state index contributed by atoms with van der Waals surface area (Å²) in [6.45, 7) is 4.35. The summed E-state index contributed by atoms with van der Waals surface area (Å²) in [5.74, 6) is 0.643. The molecule has 0 aromatic carbocycles. The van der Waals surface area contributed by atoms with E-state index in [2.05, 4.69) is 23.3 Å². The zero-order valence-corrected chi connectivity index (χ0v) is 7.38. The van der Waals surface area contributed by atoms with Crippen molar-refractivity contribution in [1.82, 2.24) is 10.3 Å². The van der Waals surface area contributed by atoms with E-state index in [1.807, 2.05) is 12.3 Å². The van der Waals surface area contributed by atoms with E-state index in [0.717, 1.165) is 13.1 Å². The molecule has 0 radical (unpaired) electrons. The fraction of sp³-hybridized carbons (Fsp3) is 0.500. The quantitative estimate of drug-likeness (QED) is 0.676. The largest absolute Gasteiger partial charge is 0.316 e. The smallest absolute Gasteiger partial charge is 0.0450 e. The SMILES string of the molecule is Cc1ccnc([C@H]2CCNC2)c1. The van der Waals surface area contributed by atoms with Crippen molar-refractivity contribution in [3.05, 3.63) is 29.6 Å². The lowest BCUT2D eigenvalue weighted by Crippen LogP contribution is -2.08. The lowest BCUT2D eigenvalue weighted by molar-refractivity contribution is 0.734. The van der Waals surface area contributed by atoms with Crippen LogP contribution >= 0.6 is 0 Å². The molecule has 12 heavy (non-hydrogen) atoms. The highest BCUT2D eigenvalue weighted by atomic mass is 14.9. The average Bonchev–Trinajstić information content (AvgIpc) is 2.56. The molecule has 0 saturated carbocycles. The van der Waals surface area contributed by atoms with Crippen LogP contribution in [0.3, 0.4) is 0 Å². The minimum absolute atomic E-state index is 0.643. The summed E-state index contributed by atoms with van der Waals surface area (Å²) >= 11 is 0. The van der Waals surface area contributed by atoms with E-state index >= 15 is 0 Å². The van der Waals surface area contributed by atoms with Crippen molar-refractivity contribution >= 4 is 0 Å². The third-order valence-electron chi connectivity index (χ3n) is 2.42. The lowest BCUT2D eigenvalue weighted by Gasteiger charge is -2.07. The number of hydrogen-bond donors (Lipinski definition) is 1. The number of nitrogens with one attached hydrogen (secondary N) is 1. The van der Waals surface area contributed by atoms with Crippen LogP contribution in [0.5, 0.6) is 0 Å². The maximum atomic E-state index is 4.38. The average molecular weight is 162 g/mol. The van der Waals surface area contributed by atoms with Gasteiger partial charge in [-0.3, -0.25) is 4.98 Å². The summed E-state index contributed by atoms with van der Waals surface area (Å²) in [5, 5.41) is 3.35. The second-order valence-electron chi connectivity index (χ2n) is 3.45. The molecule has 1 aliphatic rings. The van der Waals surface area contributed by atoms with Crippen molar-refractivity contribution in [1.29, 1.82) is 0 Å². The number of pyridine rings is 1. The van der Waals surface area contributed by atoms with Crippen molar-refractivity contribution in [2.24, 2.45) is 0 Å². The lowest BCUT2D eigenvalue weighted by atomic mass is 10.0. The number of hydrogen-bond acceptors (Lipinski definition) is 2. The van der Waals surface area contributed by atoms with Crippen LogP contribution in [0.25, 0.3) is 0 Å². The van der Waals surface area contributed by atoms with Crippen molar-refractivity contribution in [3.8, 4) is 0 Å². The minimum atomic E-state index is 0.643. The molecule has 0 spiro atoms. The molecule has 1 atom stereocenters. The summed E-state index contributed by atoms with van der Waals surface area (Å²) in [4.78, 5) is 4.38. The molecule has 0 aliphatic carbocycles. The number of rotatable bonds is 1. The first-order valence-electron chi connectivity index (χ1n) is 4.49. The van der Waals surface area contributed by atoms with Gasteiger partial charge < -0.3 is 5.32 Å². The van der Waals surface area contributed by atoms with E-state index in [-0.39, 0.29) is 0 Å². The molecule has 64 valence electrons. The second-order valence-corrected chi connectivity index (χ2v) is 3.45. The van der Waals surface area contributed by atoms with Gasteiger partial charge >= 0.3 is 0 Å². The van der Waals surface area contributed by atoms with Crippen LogP contribution in [-0.4, -0.2) is 18.1 Å². The van der Waals surface area contributed by atoms with Gasteiger partial charge in [0, 0.05) is 24.4 Å². The van der Waals surface area contributed by atoms with Crippen molar-refractivity contribution in [2.45, 2.75) is 19.3 Å². The van der Waals surface area contributed by atoms with Gasteiger partial charge in [-0.05, 0) is 37.6 Å². The fourth-order valence-electron chi connectivity index (χ4n) is 1.69. The molecule has 1 aromatic rings. The van der Waals surface area contributed by atoms with Crippen LogP contribution in [-0.2, 0) is 0 Å².